The van der Waals surface area contributed by atoms with Gasteiger partial charge in [0, 0.05) is 25.2 Å². The molecule has 0 N–H and O–H groups in total. The Hall–Kier alpha value is -4.32. The first kappa shape index (κ1) is 24.0. The number of benzene rings is 3. The van der Waals surface area contributed by atoms with Crippen LogP contribution in [0.25, 0.3) is 0 Å². The molecule has 6 rings (SSSR count). The van der Waals surface area contributed by atoms with Gasteiger partial charge in [0.25, 0.3) is 11.8 Å². The summed E-state index contributed by atoms with van der Waals surface area (Å²) in [6, 6.07) is 29.0. The van der Waals surface area contributed by atoms with Crippen molar-refractivity contribution in [3.05, 3.63) is 125 Å². The average molecular weight is 507 g/mol. The standard InChI is InChI=1S/C32H30N2O4/c35-31(25-11-5-2-6-12-25)34-20-17-23-13-14-26(21-28(23)30(34)24-9-3-1-4-10-24)37-22-27-15-16-29(38-27)32(36)33-18-7-8-19-33/h1-6,9-16,21,30H,7-8,17-20,22H2. The molecule has 4 aromatic rings. The zero-order valence-electron chi connectivity index (χ0n) is 21.2. The van der Waals surface area contributed by atoms with E-state index in [1.165, 1.54) is 5.56 Å². The number of amides is 2. The van der Waals surface area contributed by atoms with Crippen molar-refractivity contribution in [1.29, 1.82) is 0 Å². The van der Waals surface area contributed by atoms with E-state index >= 15 is 0 Å². The first-order valence-electron chi connectivity index (χ1n) is 13.2. The molecular weight excluding hydrogens is 476 g/mol. The van der Waals surface area contributed by atoms with Crippen LogP contribution in [0.5, 0.6) is 5.75 Å². The minimum Gasteiger partial charge on any atom is -0.486 e. The van der Waals surface area contributed by atoms with E-state index in [2.05, 4.69) is 18.2 Å². The number of carbonyl (C=O) groups is 2. The van der Waals surface area contributed by atoms with Crippen molar-refractivity contribution in [2.24, 2.45) is 0 Å². The van der Waals surface area contributed by atoms with Gasteiger partial charge in [-0.1, -0.05) is 54.6 Å². The predicted octanol–water partition coefficient (Wildman–Crippen LogP) is 5.88. The van der Waals surface area contributed by atoms with Crippen molar-refractivity contribution in [3.63, 3.8) is 0 Å². The Morgan fingerprint density at radius 1 is 0.816 bits per heavy atom. The molecule has 0 radical (unpaired) electrons. The summed E-state index contributed by atoms with van der Waals surface area (Å²) >= 11 is 0. The van der Waals surface area contributed by atoms with Crippen LogP contribution >= 0.6 is 0 Å². The smallest absolute Gasteiger partial charge is 0.289 e. The maximum Gasteiger partial charge on any atom is 0.289 e. The topological polar surface area (TPSA) is 63.0 Å². The van der Waals surface area contributed by atoms with E-state index in [1.807, 2.05) is 70.5 Å². The Morgan fingerprint density at radius 2 is 1.55 bits per heavy atom. The van der Waals surface area contributed by atoms with Gasteiger partial charge in [0.2, 0.25) is 0 Å². The molecule has 0 bridgehead atoms. The van der Waals surface area contributed by atoms with E-state index in [0.717, 1.165) is 43.5 Å². The molecule has 6 heteroatoms. The molecule has 38 heavy (non-hydrogen) atoms. The fourth-order valence-electron chi connectivity index (χ4n) is 5.44. The molecule has 1 unspecified atom stereocenters. The lowest BCUT2D eigenvalue weighted by Crippen LogP contribution is -2.40. The maximum atomic E-state index is 13.6. The molecule has 0 spiro atoms. The molecule has 1 aromatic heterocycles. The average Bonchev–Trinajstić information content (AvgIpc) is 3.69. The number of hydrogen-bond acceptors (Lipinski definition) is 4. The number of rotatable bonds is 6. The molecule has 1 atom stereocenters. The van der Waals surface area contributed by atoms with Crippen LogP contribution in [0.1, 0.15) is 62.2 Å². The van der Waals surface area contributed by atoms with E-state index in [4.69, 9.17) is 9.15 Å². The molecule has 3 heterocycles. The summed E-state index contributed by atoms with van der Waals surface area (Å²) in [6.45, 7) is 2.43. The summed E-state index contributed by atoms with van der Waals surface area (Å²) in [5.41, 5.74) is 4.01. The van der Waals surface area contributed by atoms with Crippen molar-refractivity contribution in [1.82, 2.24) is 9.80 Å². The van der Waals surface area contributed by atoms with Crippen LogP contribution in [0.15, 0.2) is 95.4 Å². The predicted molar refractivity (Wildman–Crippen MR) is 144 cm³/mol. The Morgan fingerprint density at radius 3 is 2.32 bits per heavy atom. The van der Waals surface area contributed by atoms with Crippen LogP contribution in [0, 0.1) is 0 Å². The third kappa shape index (κ3) is 4.82. The van der Waals surface area contributed by atoms with Gasteiger partial charge >= 0.3 is 0 Å². The number of ether oxygens (including phenoxy) is 1. The largest absolute Gasteiger partial charge is 0.486 e. The van der Waals surface area contributed by atoms with E-state index in [9.17, 15) is 9.59 Å². The molecule has 2 aliphatic heterocycles. The van der Waals surface area contributed by atoms with Gasteiger partial charge in [0.1, 0.15) is 18.1 Å². The molecule has 2 amide bonds. The summed E-state index contributed by atoms with van der Waals surface area (Å²) in [4.78, 5) is 30.0. The number of likely N-dealkylation sites (tertiary alicyclic amines) is 1. The Kier molecular flexibility index (Phi) is 6.69. The highest BCUT2D eigenvalue weighted by Crippen LogP contribution is 2.38. The summed E-state index contributed by atoms with van der Waals surface area (Å²) in [7, 11) is 0. The summed E-state index contributed by atoms with van der Waals surface area (Å²) in [5, 5.41) is 0. The number of nitrogens with zero attached hydrogens (tertiary/aromatic N) is 2. The molecular formula is C32H30N2O4. The summed E-state index contributed by atoms with van der Waals surface area (Å²) in [5.74, 6) is 1.61. The minimum atomic E-state index is -0.218. The second-order valence-electron chi connectivity index (χ2n) is 9.84. The molecule has 6 nitrogen and oxygen atoms in total. The monoisotopic (exact) mass is 506 g/mol. The van der Waals surface area contributed by atoms with Gasteiger partial charge in [-0.25, -0.2) is 0 Å². The first-order chi connectivity index (χ1) is 18.7. The zero-order valence-corrected chi connectivity index (χ0v) is 21.2. The number of hydrogen-bond donors (Lipinski definition) is 0. The maximum absolute atomic E-state index is 13.6. The third-order valence-corrected chi connectivity index (χ3v) is 7.39. The Balaban J connectivity index is 1.25. The number of furan rings is 1. The van der Waals surface area contributed by atoms with E-state index in [0.29, 0.717) is 29.4 Å². The van der Waals surface area contributed by atoms with Gasteiger partial charge < -0.3 is 19.0 Å². The zero-order chi connectivity index (χ0) is 25.9. The molecule has 192 valence electrons. The van der Waals surface area contributed by atoms with Crippen molar-refractivity contribution in [2.75, 3.05) is 19.6 Å². The van der Waals surface area contributed by atoms with E-state index in [1.54, 1.807) is 12.1 Å². The van der Waals surface area contributed by atoms with Crippen molar-refractivity contribution >= 4 is 11.8 Å². The Bertz CT molecular complexity index is 1420. The molecule has 0 saturated carbocycles. The fraction of sp³-hybridized carbons (Fsp3) is 0.250. The number of carbonyl (C=O) groups excluding carboxylic acids is 2. The molecule has 2 aliphatic rings. The highest BCUT2D eigenvalue weighted by Gasteiger charge is 2.33. The third-order valence-electron chi connectivity index (χ3n) is 7.39. The highest BCUT2D eigenvalue weighted by atomic mass is 16.5. The van der Waals surface area contributed by atoms with Crippen LogP contribution in [-0.2, 0) is 13.0 Å². The van der Waals surface area contributed by atoms with Crippen LogP contribution < -0.4 is 4.74 Å². The molecule has 1 saturated heterocycles. The SMILES string of the molecule is O=C(c1ccc(COc2ccc3c(c2)C(c2ccccc2)N(C(=O)c2ccccc2)CC3)o1)N1CCCC1. The fourth-order valence-corrected chi connectivity index (χ4v) is 5.44. The van der Waals surface area contributed by atoms with Crippen molar-refractivity contribution in [3.8, 4) is 5.75 Å². The first-order valence-corrected chi connectivity index (χ1v) is 13.2. The lowest BCUT2D eigenvalue weighted by atomic mass is 9.87. The lowest BCUT2D eigenvalue weighted by molar-refractivity contribution is 0.0693. The number of fused-ring (bicyclic) bond motifs is 1. The van der Waals surface area contributed by atoms with Crippen molar-refractivity contribution in [2.45, 2.75) is 31.9 Å². The van der Waals surface area contributed by atoms with E-state index < -0.39 is 0 Å². The normalized spacial score (nSPS) is 16.8. The second-order valence-corrected chi connectivity index (χ2v) is 9.84. The second kappa shape index (κ2) is 10.6. The Labute approximate surface area is 222 Å². The van der Waals surface area contributed by atoms with Gasteiger partial charge in [0.05, 0.1) is 6.04 Å². The van der Waals surface area contributed by atoms with Crippen molar-refractivity contribution < 1.29 is 18.7 Å². The van der Waals surface area contributed by atoms with Gasteiger partial charge in [-0.2, -0.15) is 0 Å². The summed E-state index contributed by atoms with van der Waals surface area (Å²) in [6.07, 6.45) is 2.86. The van der Waals surface area contributed by atoms with Crippen LogP contribution in [-0.4, -0.2) is 41.2 Å². The molecule has 0 aliphatic carbocycles. The van der Waals surface area contributed by atoms with Crippen LogP contribution in [0.4, 0.5) is 0 Å². The van der Waals surface area contributed by atoms with Gasteiger partial charge in [-0.3, -0.25) is 9.59 Å². The molecule has 1 fully saturated rings. The lowest BCUT2D eigenvalue weighted by Gasteiger charge is -2.38. The molecule has 3 aromatic carbocycles. The van der Waals surface area contributed by atoms with Gasteiger partial charge in [-0.15, -0.1) is 0 Å². The van der Waals surface area contributed by atoms with Crippen LogP contribution in [0.2, 0.25) is 0 Å². The van der Waals surface area contributed by atoms with Crippen LogP contribution in [0.3, 0.4) is 0 Å². The summed E-state index contributed by atoms with van der Waals surface area (Å²) < 4.78 is 11.9. The van der Waals surface area contributed by atoms with Gasteiger partial charge in [-0.05, 0) is 72.4 Å². The van der Waals surface area contributed by atoms with Gasteiger partial charge in [0.15, 0.2) is 5.76 Å². The van der Waals surface area contributed by atoms with E-state index in [-0.39, 0.29) is 24.5 Å². The highest BCUT2D eigenvalue weighted by molar-refractivity contribution is 5.95. The quantitative estimate of drug-likeness (QED) is 0.328. The minimum absolute atomic E-state index is 0.0159.